The molecule has 2 rings (SSSR count). The zero-order valence-corrected chi connectivity index (χ0v) is 14.4. The van der Waals surface area contributed by atoms with Crippen LogP contribution >= 0.6 is 34.8 Å². The van der Waals surface area contributed by atoms with Crippen molar-refractivity contribution in [3.63, 3.8) is 0 Å². The van der Waals surface area contributed by atoms with Crippen molar-refractivity contribution in [3.05, 3.63) is 65.1 Å². The predicted molar refractivity (Wildman–Crippen MR) is 89.5 cm³/mol. The van der Waals surface area contributed by atoms with E-state index in [-0.39, 0.29) is 21.8 Å². The van der Waals surface area contributed by atoms with Gasteiger partial charge in [-0.05, 0) is 18.2 Å². The van der Waals surface area contributed by atoms with Gasteiger partial charge in [-0.2, -0.15) is 13.2 Å². The molecule has 2 aromatic rings. The lowest BCUT2D eigenvalue weighted by Crippen LogP contribution is -2.11. The van der Waals surface area contributed by atoms with Crippen LogP contribution in [0.2, 0.25) is 15.1 Å². The first kappa shape index (κ1) is 20.0. The van der Waals surface area contributed by atoms with E-state index in [2.05, 4.69) is 5.32 Å². The summed E-state index contributed by atoms with van der Waals surface area (Å²) in [4.78, 5) is 20.0. The van der Waals surface area contributed by atoms with E-state index in [9.17, 15) is 33.4 Å². The number of anilines is 2. The summed E-state index contributed by atoms with van der Waals surface area (Å²) in [5.74, 6) is 0. The number of nitrogens with zero attached hydrogens (tertiary/aromatic N) is 2. The largest absolute Gasteiger partial charge is 0.418 e. The minimum atomic E-state index is -5.13. The van der Waals surface area contributed by atoms with Gasteiger partial charge in [0.15, 0.2) is 5.69 Å². The van der Waals surface area contributed by atoms with E-state index in [0.29, 0.717) is 0 Å². The molecule has 0 saturated carbocycles. The molecule has 0 heterocycles. The van der Waals surface area contributed by atoms with Crippen LogP contribution in [0.3, 0.4) is 0 Å². The molecule has 0 unspecified atom stereocenters. The highest BCUT2D eigenvalue weighted by atomic mass is 35.5. The van der Waals surface area contributed by atoms with E-state index in [1.165, 1.54) is 18.2 Å². The first-order valence-corrected chi connectivity index (χ1v) is 7.50. The van der Waals surface area contributed by atoms with Gasteiger partial charge >= 0.3 is 17.6 Å². The van der Waals surface area contributed by atoms with Crippen LogP contribution in [-0.2, 0) is 6.18 Å². The third-order valence-corrected chi connectivity index (χ3v) is 3.85. The summed E-state index contributed by atoms with van der Waals surface area (Å²) in [5.41, 5.74) is -5.05. The Balaban J connectivity index is 2.80. The summed E-state index contributed by atoms with van der Waals surface area (Å²) in [6.07, 6.45) is -5.13. The second-order valence-corrected chi connectivity index (χ2v) is 6.03. The van der Waals surface area contributed by atoms with Crippen molar-refractivity contribution < 1.29 is 23.0 Å². The number of rotatable bonds is 4. The molecule has 1 N–H and O–H groups in total. The molecule has 0 atom stereocenters. The highest BCUT2D eigenvalue weighted by molar-refractivity contribution is 6.35. The average Bonchev–Trinajstić information content (AvgIpc) is 2.43. The normalized spacial score (nSPS) is 11.3. The summed E-state index contributed by atoms with van der Waals surface area (Å²) in [7, 11) is 0. The van der Waals surface area contributed by atoms with Gasteiger partial charge in [-0.1, -0.05) is 34.8 Å². The number of benzene rings is 2. The summed E-state index contributed by atoms with van der Waals surface area (Å²) < 4.78 is 39.0. The van der Waals surface area contributed by atoms with E-state index in [1.807, 2.05) is 0 Å². The minimum Gasteiger partial charge on any atom is -0.344 e. The Labute approximate surface area is 157 Å². The standard InChI is InChI=1S/C13H5Cl3F3N3O4/c14-5-1-6(15)3-7(2-5)20-11-9(21(23)24)4-8(13(17,18)19)10(16)12(11)22(25)26/h1-4,20H. The molecule has 138 valence electrons. The highest BCUT2D eigenvalue weighted by Gasteiger charge is 2.42. The van der Waals surface area contributed by atoms with Crippen LogP contribution in [0, 0.1) is 20.2 Å². The van der Waals surface area contributed by atoms with Crippen molar-refractivity contribution in [2.75, 3.05) is 5.32 Å². The summed E-state index contributed by atoms with van der Waals surface area (Å²) >= 11 is 17.1. The third-order valence-electron chi connectivity index (χ3n) is 3.03. The first-order chi connectivity index (χ1) is 11.9. The van der Waals surface area contributed by atoms with E-state index >= 15 is 0 Å². The van der Waals surface area contributed by atoms with Crippen LogP contribution in [0.1, 0.15) is 5.56 Å². The van der Waals surface area contributed by atoms with Crippen LogP contribution in [-0.4, -0.2) is 9.85 Å². The van der Waals surface area contributed by atoms with Crippen molar-refractivity contribution in [2.45, 2.75) is 6.18 Å². The van der Waals surface area contributed by atoms with Crippen LogP contribution in [0.15, 0.2) is 24.3 Å². The first-order valence-electron chi connectivity index (χ1n) is 6.37. The summed E-state index contributed by atoms with van der Waals surface area (Å²) in [6, 6.07) is 3.86. The van der Waals surface area contributed by atoms with Crippen molar-refractivity contribution in [1.82, 2.24) is 0 Å². The number of nitrogens with one attached hydrogen (secondary N) is 1. The average molecular weight is 431 g/mol. The number of halogens is 6. The predicted octanol–water partition coefficient (Wildman–Crippen LogP) is 6.23. The van der Waals surface area contributed by atoms with Crippen molar-refractivity contribution in [1.29, 1.82) is 0 Å². The van der Waals surface area contributed by atoms with Gasteiger partial charge in [-0.3, -0.25) is 20.2 Å². The molecule has 0 fully saturated rings. The number of nitro benzene ring substituents is 2. The van der Waals surface area contributed by atoms with E-state index in [1.54, 1.807) is 0 Å². The molecule has 2 aromatic carbocycles. The maximum Gasteiger partial charge on any atom is 0.418 e. The Morgan fingerprint density at radius 3 is 1.88 bits per heavy atom. The van der Waals surface area contributed by atoms with Crippen LogP contribution in [0.25, 0.3) is 0 Å². The molecular formula is C13H5Cl3F3N3O4. The molecule has 26 heavy (non-hydrogen) atoms. The van der Waals surface area contributed by atoms with Crippen molar-refractivity contribution in [2.24, 2.45) is 0 Å². The molecule has 7 nitrogen and oxygen atoms in total. The van der Waals surface area contributed by atoms with Crippen molar-refractivity contribution >= 4 is 57.6 Å². The minimum absolute atomic E-state index is 0.0236. The summed E-state index contributed by atoms with van der Waals surface area (Å²) in [6.45, 7) is 0. The number of hydrogen-bond donors (Lipinski definition) is 1. The molecule has 0 aliphatic carbocycles. The second kappa shape index (κ2) is 7.14. The Kier molecular flexibility index (Phi) is 5.49. The number of alkyl halides is 3. The molecule has 13 heteroatoms. The Morgan fingerprint density at radius 2 is 1.46 bits per heavy atom. The third kappa shape index (κ3) is 4.09. The van der Waals surface area contributed by atoms with Gasteiger partial charge in [0, 0.05) is 21.8 Å². The lowest BCUT2D eigenvalue weighted by atomic mass is 10.1. The number of hydrogen-bond acceptors (Lipinski definition) is 5. The maximum absolute atomic E-state index is 13.0. The Morgan fingerprint density at radius 1 is 0.923 bits per heavy atom. The van der Waals surface area contributed by atoms with Crippen LogP contribution in [0.4, 0.5) is 35.9 Å². The fourth-order valence-corrected chi connectivity index (χ4v) is 2.90. The zero-order chi connectivity index (χ0) is 19.8. The molecule has 0 aliphatic heterocycles. The smallest absolute Gasteiger partial charge is 0.344 e. The van der Waals surface area contributed by atoms with E-state index in [4.69, 9.17) is 34.8 Å². The molecule has 0 aliphatic rings. The zero-order valence-electron chi connectivity index (χ0n) is 12.1. The van der Waals surface area contributed by atoms with Gasteiger partial charge in [0.25, 0.3) is 0 Å². The molecule has 0 amide bonds. The highest BCUT2D eigenvalue weighted by Crippen LogP contribution is 2.48. The van der Waals surface area contributed by atoms with Gasteiger partial charge < -0.3 is 5.32 Å². The quantitative estimate of drug-likeness (QED) is 0.458. The van der Waals surface area contributed by atoms with E-state index < -0.39 is 43.7 Å². The van der Waals surface area contributed by atoms with Crippen molar-refractivity contribution in [3.8, 4) is 0 Å². The molecule has 0 saturated heterocycles. The topological polar surface area (TPSA) is 98.3 Å². The molecule has 0 spiro atoms. The van der Waals surface area contributed by atoms with Crippen LogP contribution in [0.5, 0.6) is 0 Å². The van der Waals surface area contributed by atoms with Crippen LogP contribution < -0.4 is 5.32 Å². The number of nitro groups is 2. The Hall–Kier alpha value is -2.30. The van der Waals surface area contributed by atoms with Gasteiger partial charge in [0.05, 0.1) is 15.4 Å². The maximum atomic E-state index is 13.0. The van der Waals surface area contributed by atoms with Gasteiger partial charge in [-0.25, -0.2) is 0 Å². The molecule has 0 bridgehead atoms. The molecule has 0 radical (unpaired) electrons. The van der Waals surface area contributed by atoms with Gasteiger partial charge in [0.1, 0.15) is 5.02 Å². The Bertz CT molecular complexity index is 901. The summed E-state index contributed by atoms with van der Waals surface area (Å²) in [5, 5.41) is 23.6. The fourth-order valence-electron chi connectivity index (χ4n) is 2.05. The molecule has 0 aromatic heterocycles. The fraction of sp³-hybridized carbons (Fsp3) is 0.0769. The second-order valence-electron chi connectivity index (χ2n) is 4.78. The van der Waals surface area contributed by atoms with Gasteiger partial charge in [-0.15, -0.1) is 0 Å². The SMILES string of the molecule is O=[N+]([O-])c1cc(C(F)(F)F)c(Cl)c([N+](=O)[O-])c1Nc1cc(Cl)cc(Cl)c1. The van der Waals surface area contributed by atoms with E-state index in [0.717, 1.165) is 0 Å². The monoisotopic (exact) mass is 429 g/mol. The molecular weight excluding hydrogens is 426 g/mol. The van der Waals surface area contributed by atoms with Gasteiger partial charge in [0.2, 0.25) is 0 Å². The lowest BCUT2D eigenvalue weighted by Gasteiger charge is -2.14. The lowest BCUT2D eigenvalue weighted by molar-refractivity contribution is -0.392.